The number of ether oxygens (including phenoxy) is 2. The van der Waals surface area contributed by atoms with Crippen LogP contribution in [0, 0.1) is 6.92 Å². The van der Waals surface area contributed by atoms with Crippen LogP contribution in [-0.2, 0) is 11.2 Å². The van der Waals surface area contributed by atoms with Gasteiger partial charge >= 0.3 is 0 Å². The minimum Gasteiger partial charge on any atom is -0.493 e. The van der Waals surface area contributed by atoms with Gasteiger partial charge in [0, 0.05) is 12.1 Å². The first-order chi connectivity index (χ1) is 12.5. The molecule has 2 aromatic carbocycles. The SMILES string of the molecule is COc1ccc(CCNC(=O)CNC(=O)c2ccc(C)cc2)cc1OC. The highest BCUT2D eigenvalue weighted by molar-refractivity contribution is 5.96. The highest BCUT2D eigenvalue weighted by Gasteiger charge is 2.08. The zero-order chi connectivity index (χ0) is 18.9. The molecule has 0 heterocycles. The maximum absolute atomic E-state index is 12.0. The van der Waals surface area contributed by atoms with Crippen LogP contribution in [0.1, 0.15) is 21.5 Å². The Morgan fingerprint density at radius 3 is 2.27 bits per heavy atom. The van der Waals surface area contributed by atoms with E-state index in [1.54, 1.807) is 26.4 Å². The minimum absolute atomic E-state index is 0.0569. The number of aryl methyl sites for hydroxylation is 1. The van der Waals surface area contributed by atoms with Gasteiger partial charge in [-0.3, -0.25) is 9.59 Å². The molecular formula is C20H24N2O4. The molecule has 2 N–H and O–H groups in total. The predicted octanol–water partition coefficient (Wildman–Crippen LogP) is 2.10. The molecule has 2 rings (SSSR count). The van der Waals surface area contributed by atoms with Gasteiger partial charge in [0.05, 0.1) is 20.8 Å². The Morgan fingerprint density at radius 1 is 0.923 bits per heavy atom. The van der Waals surface area contributed by atoms with Crippen LogP contribution in [0.2, 0.25) is 0 Å². The maximum atomic E-state index is 12.0. The van der Waals surface area contributed by atoms with Crippen molar-refractivity contribution in [2.45, 2.75) is 13.3 Å². The molecule has 0 aromatic heterocycles. The maximum Gasteiger partial charge on any atom is 0.251 e. The summed E-state index contributed by atoms with van der Waals surface area (Å²) >= 11 is 0. The lowest BCUT2D eigenvalue weighted by Gasteiger charge is -2.10. The van der Waals surface area contributed by atoms with E-state index in [4.69, 9.17) is 9.47 Å². The minimum atomic E-state index is -0.264. The lowest BCUT2D eigenvalue weighted by molar-refractivity contribution is -0.120. The largest absolute Gasteiger partial charge is 0.493 e. The average Bonchev–Trinajstić information content (AvgIpc) is 2.66. The smallest absolute Gasteiger partial charge is 0.251 e. The van der Waals surface area contributed by atoms with Gasteiger partial charge in [-0.25, -0.2) is 0 Å². The number of hydrogen-bond donors (Lipinski definition) is 2. The highest BCUT2D eigenvalue weighted by atomic mass is 16.5. The first kappa shape index (κ1) is 19.3. The van der Waals surface area contributed by atoms with E-state index < -0.39 is 0 Å². The highest BCUT2D eigenvalue weighted by Crippen LogP contribution is 2.27. The summed E-state index contributed by atoms with van der Waals surface area (Å²) in [6, 6.07) is 12.8. The quantitative estimate of drug-likeness (QED) is 0.759. The fourth-order valence-electron chi connectivity index (χ4n) is 2.41. The molecule has 0 spiro atoms. The second kappa shape index (κ2) is 9.46. The monoisotopic (exact) mass is 356 g/mol. The van der Waals surface area contributed by atoms with E-state index in [2.05, 4.69) is 10.6 Å². The Bertz CT molecular complexity index is 757. The normalized spacial score (nSPS) is 10.1. The molecule has 0 aliphatic carbocycles. The van der Waals surface area contributed by atoms with Gasteiger partial charge < -0.3 is 20.1 Å². The predicted molar refractivity (Wildman–Crippen MR) is 99.8 cm³/mol. The third-order valence-corrected chi connectivity index (χ3v) is 3.91. The van der Waals surface area contributed by atoms with Crippen LogP contribution in [0.5, 0.6) is 11.5 Å². The Labute approximate surface area is 153 Å². The van der Waals surface area contributed by atoms with Gasteiger partial charge in [0.25, 0.3) is 5.91 Å². The van der Waals surface area contributed by atoms with Crippen molar-refractivity contribution in [1.82, 2.24) is 10.6 Å². The summed E-state index contributed by atoms with van der Waals surface area (Å²) in [6.45, 7) is 2.36. The summed E-state index contributed by atoms with van der Waals surface area (Å²) in [4.78, 5) is 23.8. The molecule has 0 aliphatic heterocycles. The second-order valence-electron chi connectivity index (χ2n) is 5.84. The van der Waals surface area contributed by atoms with Crippen LogP contribution in [0.25, 0.3) is 0 Å². The molecule has 0 saturated carbocycles. The van der Waals surface area contributed by atoms with Crippen molar-refractivity contribution in [1.29, 1.82) is 0 Å². The van der Waals surface area contributed by atoms with Crippen molar-refractivity contribution in [2.75, 3.05) is 27.3 Å². The molecule has 138 valence electrons. The molecule has 6 nitrogen and oxygen atoms in total. The van der Waals surface area contributed by atoms with Crippen LogP contribution in [0.4, 0.5) is 0 Å². The van der Waals surface area contributed by atoms with E-state index >= 15 is 0 Å². The van der Waals surface area contributed by atoms with Crippen LogP contribution in [0.15, 0.2) is 42.5 Å². The van der Waals surface area contributed by atoms with Gasteiger partial charge in [-0.05, 0) is 43.2 Å². The molecule has 0 unspecified atom stereocenters. The first-order valence-corrected chi connectivity index (χ1v) is 8.36. The van der Waals surface area contributed by atoms with E-state index in [0.717, 1.165) is 11.1 Å². The van der Waals surface area contributed by atoms with Crippen molar-refractivity contribution >= 4 is 11.8 Å². The average molecular weight is 356 g/mol. The van der Waals surface area contributed by atoms with Crippen LogP contribution < -0.4 is 20.1 Å². The molecule has 2 amide bonds. The molecule has 0 aliphatic rings. The lowest BCUT2D eigenvalue weighted by atomic mass is 10.1. The summed E-state index contributed by atoms with van der Waals surface area (Å²) in [6.07, 6.45) is 0.651. The third kappa shape index (κ3) is 5.51. The number of methoxy groups -OCH3 is 2. The van der Waals surface area contributed by atoms with Gasteiger partial charge in [0.1, 0.15) is 0 Å². The summed E-state index contributed by atoms with van der Waals surface area (Å²) < 4.78 is 10.5. The molecule has 0 saturated heterocycles. The Balaban J connectivity index is 1.75. The summed E-state index contributed by atoms with van der Waals surface area (Å²) in [5.41, 5.74) is 2.63. The van der Waals surface area contributed by atoms with E-state index in [9.17, 15) is 9.59 Å². The standard InChI is InChI=1S/C20H24N2O4/c1-14-4-7-16(8-5-14)20(24)22-13-19(23)21-11-10-15-6-9-17(25-2)18(12-15)26-3/h4-9,12H,10-11,13H2,1-3H3,(H,21,23)(H,22,24). The van der Waals surface area contributed by atoms with E-state index in [1.165, 1.54) is 0 Å². The van der Waals surface area contributed by atoms with Crippen LogP contribution in [0.3, 0.4) is 0 Å². The van der Waals surface area contributed by atoms with E-state index in [-0.39, 0.29) is 18.4 Å². The van der Waals surface area contributed by atoms with Gasteiger partial charge in [0.15, 0.2) is 11.5 Å². The van der Waals surface area contributed by atoms with Gasteiger partial charge in [-0.1, -0.05) is 23.8 Å². The van der Waals surface area contributed by atoms with Crippen molar-refractivity contribution in [2.24, 2.45) is 0 Å². The second-order valence-corrected chi connectivity index (χ2v) is 5.84. The summed E-state index contributed by atoms with van der Waals surface area (Å²) in [5, 5.41) is 5.40. The van der Waals surface area contributed by atoms with Crippen molar-refractivity contribution < 1.29 is 19.1 Å². The van der Waals surface area contributed by atoms with E-state index in [1.807, 2.05) is 37.3 Å². The number of nitrogens with one attached hydrogen (secondary N) is 2. The number of amides is 2. The molecule has 0 bridgehead atoms. The van der Waals surface area contributed by atoms with Crippen LogP contribution in [-0.4, -0.2) is 39.1 Å². The molecule has 26 heavy (non-hydrogen) atoms. The molecule has 2 aromatic rings. The third-order valence-electron chi connectivity index (χ3n) is 3.91. The van der Waals surface area contributed by atoms with Crippen molar-refractivity contribution in [3.05, 3.63) is 59.2 Å². The van der Waals surface area contributed by atoms with E-state index in [0.29, 0.717) is 30.0 Å². The van der Waals surface area contributed by atoms with Gasteiger partial charge in [0.2, 0.25) is 5.91 Å². The topological polar surface area (TPSA) is 76.7 Å². The molecule has 0 radical (unpaired) electrons. The summed E-state index contributed by atoms with van der Waals surface area (Å²) in [7, 11) is 3.17. The fourth-order valence-corrected chi connectivity index (χ4v) is 2.41. The fraction of sp³-hybridized carbons (Fsp3) is 0.300. The molecule has 6 heteroatoms. The zero-order valence-corrected chi connectivity index (χ0v) is 15.3. The lowest BCUT2D eigenvalue weighted by Crippen LogP contribution is -2.37. The number of carbonyl (C=O) groups excluding carboxylic acids is 2. The van der Waals surface area contributed by atoms with Gasteiger partial charge in [-0.15, -0.1) is 0 Å². The number of benzene rings is 2. The van der Waals surface area contributed by atoms with Crippen molar-refractivity contribution in [3.63, 3.8) is 0 Å². The Hall–Kier alpha value is -3.02. The molecule has 0 fully saturated rings. The number of hydrogen-bond acceptors (Lipinski definition) is 4. The first-order valence-electron chi connectivity index (χ1n) is 8.36. The van der Waals surface area contributed by atoms with Gasteiger partial charge in [-0.2, -0.15) is 0 Å². The summed E-state index contributed by atoms with van der Waals surface area (Å²) in [5.74, 6) is 0.826. The number of carbonyl (C=O) groups is 2. The Kier molecular flexibility index (Phi) is 7.02. The molecule has 0 atom stereocenters. The Morgan fingerprint density at radius 2 is 1.62 bits per heavy atom. The molecular weight excluding hydrogens is 332 g/mol. The van der Waals surface area contributed by atoms with Crippen molar-refractivity contribution in [3.8, 4) is 11.5 Å². The number of rotatable bonds is 8. The van der Waals surface area contributed by atoms with Crippen LogP contribution >= 0.6 is 0 Å². The zero-order valence-electron chi connectivity index (χ0n) is 15.3.